The highest BCUT2D eigenvalue weighted by Gasteiger charge is 2.52. The third-order valence-corrected chi connectivity index (χ3v) is 5.80. The zero-order valence-electron chi connectivity index (χ0n) is 12.8. The Bertz CT molecular complexity index is 511. The van der Waals surface area contributed by atoms with E-state index in [0.29, 0.717) is 12.5 Å². The molecule has 8 nitrogen and oxygen atoms in total. The predicted molar refractivity (Wildman–Crippen MR) is 78.2 cm³/mol. The lowest BCUT2D eigenvalue weighted by atomic mass is 9.72. The number of Topliss-reactive ketones (excluding diaryl/α,β-unsaturated/α-hetero) is 1. The van der Waals surface area contributed by atoms with Crippen LogP contribution in [0.4, 0.5) is 0 Å². The fourth-order valence-corrected chi connectivity index (χ4v) is 4.29. The number of piperidine rings is 2. The van der Waals surface area contributed by atoms with Crippen molar-refractivity contribution in [2.24, 2.45) is 29.4 Å². The molecule has 4 aliphatic heterocycles. The Morgan fingerprint density at radius 2 is 2.04 bits per heavy atom. The largest absolute Gasteiger partial charge is 0.481 e. The first-order chi connectivity index (χ1) is 11.0. The average Bonchev–Trinajstić information content (AvgIpc) is 2.45. The number of nitrogens with two attached hydrogens (primary N) is 1. The summed E-state index contributed by atoms with van der Waals surface area (Å²) in [7, 11) is 0. The van der Waals surface area contributed by atoms with Gasteiger partial charge in [0.1, 0.15) is 12.0 Å². The first-order valence-electron chi connectivity index (χ1n) is 8.29. The van der Waals surface area contributed by atoms with Crippen molar-refractivity contribution in [2.75, 3.05) is 19.8 Å². The summed E-state index contributed by atoms with van der Waals surface area (Å²) in [6, 6.07) is 0.281. The van der Waals surface area contributed by atoms with E-state index < -0.39 is 30.2 Å². The van der Waals surface area contributed by atoms with Crippen LogP contribution in [0.1, 0.15) is 12.8 Å². The van der Waals surface area contributed by atoms with Crippen LogP contribution in [0.15, 0.2) is 0 Å². The van der Waals surface area contributed by atoms with Gasteiger partial charge in [-0.3, -0.25) is 14.9 Å². The number of rotatable bonds is 2. The lowest BCUT2D eigenvalue weighted by molar-refractivity contribution is -0.183. The Morgan fingerprint density at radius 3 is 2.70 bits per heavy atom. The van der Waals surface area contributed by atoms with Gasteiger partial charge in [-0.1, -0.05) is 0 Å². The Kier molecular flexibility index (Phi) is 3.89. The van der Waals surface area contributed by atoms with E-state index in [2.05, 4.69) is 10.6 Å². The fourth-order valence-electron chi connectivity index (χ4n) is 4.29. The van der Waals surface area contributed by atoms with E-state index in [1.54, 1.807) is 0 Å². The number of carboxylic acid groups (broad SMARTS) is 1. The molecule has 7 unspecified atom stereocenters. The van der Waals surface area contributed by atoms with E-state index in [1.807, 2.05) is 0 Å². The summed E-state index contributed by atoms with van der Waals surface area (Å²) in [5.74, 6) is -1.71. The third kappa shape index (κ3) is 2.58. The number of carbonyl (C=O) groups excluding carboxylic acids is 1. The minimum Gasteiger partial charge on any atom is -0.481 e. The number of ether oxygens (including phenoxy) is 2. The van der Waals surface area contributed by atoms with Gasteiger partial charge in [-0.25, -0.2) is 0 Å². The van der Waals surface area contributed by atoms with Crippen molar-refractivity contribution in [3.8, 4) is 0 Å². The lowest BCUT2D eigenvalue weighted by Gasteiger charge is -2.50. The van der Waals surface area contributed by atoms with Gasteiger partial charge in [-0.15, -0.1) is 0 Å². The Balaban J connectivity index is 1.49. The van der Waals surface area contributed by atoms with Crippen LogP contribution in [0, 0.1) is 23.7 Å². The molecular weight excluding hydrogens is 302 g/mol. The molecule has 8 heteroatoms. The highest BCUT2D eigenvalue weighted by molar-refractivity contribution is 5.86. The molecule has 5 N–H and O–H groups in total. The van der Waals surface area contributed by atoms with Crippen molar-refractivity contribution >= 4 is 11.8 Å². The summed E-state index contributed by atoms with van der Waals surface area (Å²) >= 11 is 0. The van der Waals surface area contributed by atoms with Gasteiger partial charge in [0.15, 0.2) is 0 Å². The molecule has 0 aromatic heterocycles. The van der Waals surface area contributed by atoms with E-state index in [1.165, 1.54) is 0 Å². The van der Waals surface area contributed by atoms with Crippen LogP contribution >= 0.6 is 0 Å². The van der Waals surface area contributed by atoms with Gasteiger partial charge < -0.3 is 25.6 Å². The van der Waals surface area contributed by atoms with Crippen molar-refractivity contribution < 1.29 is 24.2 Å². The number of hydrogen-bond donors (Lipinski definition) is 4. The summed E-state index contributed by atoms with van der Waals surface area (Å²) in [6.07, 6.45) is -0.331. The van der Waals surface area contributed by atoms with Crippen LogP contribution in [-0.2, 0) is 19.1 Å². The maximum Gasteiger partial charge on any atom is 0.309 e. The average molecular weight is 325 g/mol. The van der Waals surface area contributed by atoms with Gasteiger partial charge in [0, 0.05) is 24.4 Å². The molecule has 4 heterocycles. The topological polar surface area (TPSA) is 123 Å². The smallest absolute Gasteiger partial charge is 0.309 e. The van der Waals surface area contributed by atoms with Crippen LogP contribution in [0.2, 0.25) is 0 Å². The highest BCUT2D eigenvalue weighted by atomic mass is 16.5. The van der Waals surface area contributed by atoms with Crippen LogP contribution < -0.4 is 16.4 Å². The molecule has 7 atom stereocenters. The molecule has 128 valence electrons. The Morgan fingerprint density at radius 1 is 1.26 bits per heavy atom. The van der Waals surface area contributed by atoms with Gasteiger partial charge in [0.25, 0.3) is 0 Å². The van der Waals surface area contributed by atoms with Crippen LogP contribution in [-0.4, -0.2) is 61.2 Å². The predicted octanol–water partition coefficient (Wildman–Crippen LogP) is -1.50. The third-order valence-electron chi connectivity index (χ3n) is 5.80. The molecule has 0 aliphatic carbocycles. The molecule has 4 aliphatic rings. The summed E-state index contributed by atoms with van der Waals surface area (Å²) in [4.78, 5) is 24.3. The molecule has 4 fully saturated rings. The number of aliphatic carboxylic acids is 1. The van der Waals surface area contributed by atoms with Crippen molar-refractivity contribution in [1.82, 2.24) is 10.6 Å². The minimum atomic E-state index is -0.965. The normalized spacial score (nSPS) is 47.3. The number of carboxylic acids is 1. The second-order valence-corrected chi connectivity index (χ2v) is 7.13. The number of carbonyl (C=O) groups is 2. The molecular formula is C15H23N3O5. The van der Waals surface area contributed by atoms with Crippen molar-refractivity contribution in [3.05, 3.63) is 0 Å². The van der Waals surface area contributed by atoms with E-state index in [4.69, 9.17) is 15.2 Å². The molecule has 0 radical (unpaired) electrons. The molecule has 0 saturated carbocycles. The molecule has 23 heavy (non-hydrogen) atoms. The Hall–Kier alpha value is -1.06. The van der Waals surface area contributed by atoms with Crippen LogP contribution in [0.25, 0.3) is 0 Å². The minimum absolute atomic E-state index is 0.128. The molecule has 4 saturated heterocycles. The molecule has 0 aromatic rings. The number of nitrogens with one attached hydrogen (secondary N) is 2. The van der Waals surface area contributed by atoms with Crippen molar-refractivity contribution in [2.45, 2.75) is 37.4 Å². The highest BCUT2D eigenvalue weighted by Crippen LogP contribution is 2.38. The lowest BCUT2D eigenvalue weighted by Crippen LogP contribution is -2.68. The van der Waals surface area contributed by atoms with Crippen molar-refractivity contribution in [3.63, 3.8) is 0 Å². The maximum atomic E-state index is 12.9. The molecule has 0 spiro atoms. The second-order valence-electron chi connectivity index (χ2n) is 7.13. The summed E-state index contributed by atoms with van der Waals surface area (Å²) in [5, 5.41) is 15.7. The molecule has 4 rings (SSSR count). The van der Waals surface area contributed by atoms with Crippen LogP contribution in [0.5, 0.6) is 0 Å². The maximum absolute atomic E-state index is 12.9. The van der Waals surface area contributed by atoms with Crippen molar-refractivity contribution in [1.29, 1.82) is 0 Å². The van der Waals surface area contributed by atoms with Gasteiger partial charge in [0.05, 0.1) is 37.3 Å². The van der Waals surface area contributed by atoms with E-state index in [9.17, 15) is 14.7 Å². The molecule has 0 bridgehead atoms. The monoisotopic (exact) mass is 325 g/mol. The summed E-state index contributed by atoms with van der Waals surface area (Å²) in [6.45, 7) is 2.13. The Labute approximate surface area is 134 Å². The number of hydrogen-bond acceptors (Lipinski definition) is 7. The van der Waals surface area contributed by atoms with Crippen LogP contribution in [0.3, 0.4) is 0 Å². The number of fused-ring (bicyclic) bond motifs is 2. The number of ketones is 1. The zero-order valence-corrected chi connectivity index (χ0v) is 12.8. The van der Waals surface area contributed by atoms with Gasteiger partial charge in [-0.05, 0) is 12.8 Å². The standard InChI is InChI=1S/C15H23N3O5/c16-13-9(15(20)21)1-8-12(19)7-2-10(6-4-22-5-6)17-3-11(7)23-14(8)18-13/h6-11,13-14,17-18H,1-5,16H2,(H,20,21). The SMILES string of the molecule is NC1NC2OC3CNC(C4COC4)CC3C(=O)C2CC1C(=O)O. The second kappa shape index (κ2) is 5.78. The summed E-state index contributed by atoms with van der Waals surface area (Å²) in [5.41, 5.74) is 5.88. The fraction of sp³-hybridized carbons (Fsp3) is 0.867. The van der Waals surface area contributed by atoms with E-state index in [0.717, 1.165) is 19.6 Å². The summed E-state index contributed by atoms with van der Waals surface area (Å²) < 4.78 is 11.3. The van der Waals surface area contributed by atoms with Gasteiger partial charge in [-0.2, -0.15) is 0 Å². The van der Waals surface area contributed by atoms with E-state index in [-0.39, 0.29) is 30.3 Å². The molecule has 0 amide bonds. The quantitative estimate of drug-likeness (QED) is 0.484. The zero-order chi connectivity index (χ0) is 16.1. The first-order valence-corrected chi connectivity index (χ1v) is 8.29. The molecule has 0 aromatic carbocycles. The first kappa shape index (κ1) is 15.5. The van der Waals surface area contributed by atoms with Gasteiger partial charge >= 0.3 is 5.97 Å². The van der Waals surface area contributed by atoms with Gasteiger partial charge in [0.2, 0.25) is 0 Å². The van der Waals surface area contributed by atoms with E-state index >= 15 is 0 Å².